The smallest absolute Gasteiger partial charge is 0.174 e. The van der Waals surface area contributed by atoms with Crippen LogP contribution in [0.5, 0.6) is 0 Å². The molecule has 2 aromatic rings. The van der Waals surface area contributed by atoms with Crippen LogP contribution in [0.4, 0.5) is 0 Å². The number of carbonyl (C=O) groups is 2. The Labute approximate surface area is 198 Å². The number of hydrogen-bond acceptors (Lipinski definition) is 8. The van der Waals surface area contributed by atoms with E-state index in [1.165, 1.54) is 22.7 Å². The molecule has 2 heterocycles. The minimum absolute atomic E-state index is 0.196. The van der Waals surface area contributed by atoms with Crippen molar-refractivity contribution in [1.82, 2.24) is 10.6 Å². The van der Waals surface area contributed by atoms with Crippen LogP contribution in [0.25, 0.3) is 0 Å². The monoisotopic (exact) mass is 584 g/mol. The van der Waals surface area contributed by atoms with Gasteiger partial charge in [0.25, 0.3) is 0 Å². The Kier molecular flexibility index (Phi) is 12.6. The number of halogens is 2. The van der Waals surface area contributed by atoms with Crippen LogP contribution in [0.1, 0.15) is 32.2 Å². The third kappa shape index (κ3) is 9.88. The summed E-state index contributed by atoms with van der Waals surface area (Å²) < 4.78 is 1.99. The van der Waals surface area contributed by atoms with E-state index in [2.05, 4.69) is 42.5 Å². The van der Waals surface area contributed by atoms with E-state index in [0.717, 1.165) is 55.0 Å². The predicted octanol–water partition coefficient (Wildman–Crippen LogP) is 5.74. The third-order valence-corrected chi connectivity index (χ3v) is 9.30. The Morgan fingerprint density at radius 3 is 1.54 bits per heavy atom. The molecule has 154 valence electrons. The summed E-state index contributed by atoms with van der Waals surface area (Å²) in [5, 5.41) is 6.63. The van der Waals surface area contributed by atoms with E-state index < -0.39 is 0 Å². The van der Waals surface area contributed by atoms with E-state index in [-0.39, 0.29) is 11.6 Å². The van der Waals surface area contributed by atoms with Gasteiger partial charge in [0.05, 0.1) is 17.3 Å². The molecule has 0 aliphatic heterocycles. The maximum absolute atomic E-state index is 12.0. The highest BCUT2D eigenvalue weighted by Crippen LogP contribution is 2.24. The van der Waals surface area contributed by atoms with Gasteiger partial charge >= 0.3 is 0 Å². The molecule has 0 fully saturated rings. The topological polar surface area (TPSA) is 58.2 Å². The van der Waals surface area contributed by atoms with E-state index in [4.69, 9.17) is 0 Å². The van der Waals surface area contributed by atoms with Gasteiger partial charge < -0.3 is 10.6 Å². The lowest BCUT2D eigenvalue weighted by molar-refractivity contribution is 0.0978. The lowest BCUT2D eigenvalue weighted by Crippen LogP contribution is -2.21. The van der Waals surface area contributed by atoms with Crippen LogP contribution in [-0.2, 0) is 0 Å². The SMILES string of the molecule is O=C(CCNCCSSCCNCCC(=O)c1ccc(Br)s1)c1ccc(Br)s1. The van der Waals surface area contributed by atoms with Gasteiger partial charge in [-0.05, 0) is 56.1 Å². The van der Waals surface area contributed by atoms with E-state index in [1.54, 1.807) is 0 Å². The van der Waals surface area contributed by atoms with Gasteiger partial charge in [0.2, 0.25) is 0 Å². The van der Waals surface area contributed by atoms with Crippen LogP contribution >= 0.6 is 76.1 Å². The van der Waals surface area contributed by atoms with Crippen molar-refractivity contribution in [3.63, 3.8) is 0 Å². The van der Waals surface area contributed by atoms with Gasteiger partial charge in [0, 0.05) is 50.5 Å². The molecule has 0 radical (unpaired) electrons. The number of carbonyl (C=O) groups excluding carboxylic acids is 2. The molecule has 2 rings (SSSR count). The molecular weight excluding hydrogens is 564 g/mol. The Morgan fingerprint density at radius 1 is 0.750 bits per heavy atom. The van der Waals surface area contributed by atoms with Crippen molar-refractivity contribution in [1.29, 1.82) is 0 Å². The number of Topliss-reactive ketones (excluding diaryl/α,β-unsaturated/α-hetero) is 2. The summed E-state index contributed by atoms with van der Waals surface area (Å²) >= 11 is 9.73. The minimum atomic E-state index is 0.196. The molecule has 0 aliphatic rings. The molecule has 0 bridgehead atoms. The largest absolute Gasteiger partial charge is 0.315 e. The van der Waals surface area contributed by atoms with Crippen LogP contribution in [-0.4, -0.2) is 49.3 Å². The Bertz CT molecular complexity index is 689. The number of nitrogens with one attached hydrogen (secondary N) is 2. The van der Waals surface area contributed by atoms with Gasteiger partial charge in [-0.2, -0.15) is 0 Å². The highest BCUT2D eigenvalue weighted by molar-refractivity contribution is 9.11. The first-order chi connectivity index (χ1) is 13.6. The Balaban J connectivity index is 1.36. The van der Waals surface area contributed by atoms with Crippen LogP contribution in [0.15, 0.2) is 31.8 Å². The molecule has 4 nitrogen and oxygen atoms in total. The highest BCUT2D eigenvalue weighted by atomic mass is 79.9. The van der Waals surface area contributed by atoms with E-state index >= 15 is 0 Å². The van der Waals surface area contributed by atoms with Crippen molar-refractivity contribution in [3.8, 4) is 0 Å². The van der Waals surface area contributed by atoms with Gasteiger partial charge in [-0.1, -0.05) is 21.6 Å². The summed E-state index contributed by atoms with van der Waals surface area (Å²) in [4.78, 5) is 25.5. The molecule has 2 aromatic heterocycles. The minimum Gasteiger partial charge on any atom is -0.315 e. The molecule has 0 spiro atoms. The normalized spacial score (nSPS) is 11.1. The van der Waals surface area contributed by atoms with Gasteiger partial charge in [0.1, 0.15) is 0 Å². The summed E-state index contributed by atoms with van der Waals surface area (Å²) in [5.41, 5.74) is 0. The van der Waals surface area contributed by atoms with E-state index in [1.807, 2.05) is 45.9 Å². The van der Waals surface area contributed by atoms with Crippen molar-refractivity contribution in [2.45, 2.75) is 12.8 Å². The van der Waals surface area contributed by atoms with Crippen molar-refractivity contribution in [2.75, 3.05) is 37.7 Å². The second-order valence-electron chi connectivity index (χ2n) is 5.70. The van der Waals surface area contributed by atoms with E-state index in [0.29, 0.717) is 12.8 Å². The molecule has 0 amide bonds. The van der Waals surface area contributed by atoms with Gasteiger partial charge in [-0.15, -0.1) is 22.7 Å². The summed E-state index contributed by atoms with van der Waals surface area (Å²) in [6.45, 7) is 3.24. The fourth-order valence-electron chi connectivity index (χ4n) is 2.17. The van der Waals surface area contributed by atoms with Crippen molar-refractivity contribution in [2.24, 2.45) is 0 Å². The number of ketones is 2. The number of rotatable bonds is 15. The zero-order valence-corrected chi connectivity index (χ0v) is 21.6. The van der Waals surface area contributed by atoms with Crippen LogP contribution in [0, 0.1) is 0 Å². The molecule has 0 atom stereocenters. The average Bonchev–Trinajstić information content (AvgIpc) is 3.30. The van der Waals surface area contributed by atoms with Gasteiger partial charge in [0.15, 0.2) is 11.6 Å². The molecular formula is C18H22Br2N2O2S4. The quantitative estimate of drug-likeness (QED) is 0.158. The molecule has 2 N–H and O–H groups in total. The second-order valence-corrected chi connectivity index (χ2v) is 13.3. The van der Waals surface area contributed by atoms with Gasteiger partial charge in [-0.3, -0.25) is 9.59 Å². The van der Waals surface area contributed by atoms with Crippen LogP contribution in [0.3, 0.4) is 0 Å². The first-order valence-corrected chi connectivity index (χ1v) is 14.5. The Hall–Kier alpha value is 0.320. The highest BCUT2D eigenvalue weighted by Gasteiger charge is 2.08. The summed E-state index contributed by atoms with van der Waals surface area (Å²) in [7, 11) is 3.66. The average molecular weight is 586 g/mol. The van der Waals surface area contributed by atoms with Crippen molar-refractivity contribution >= 4 is 87.7 Å². The molecule has 0 aliphatic carbocycles. The lowest BCUT2D eigenvalue weighted by atomic mass is 10.2. The van der Waals surface area contributed by atoms with Gasteiger partial charge in [-0.25, -0.2) is 0 Å². The molecule has 0 saturated carbocycles. The number of hydrogen-bond donors (Lipinski definition) is 2. The zero-order chi connectivity index (χ0) is 20.2. The van der Waals surface area contributed by atoms with E-state index in [9.17, 15) is 9.59 Å². The summed E-state index contributed by atoms with van der Waals surface area (Å²) in [6.07, 6.45) is 1.08. The summed E-state index contributed by atoms with van der Waals surface area (Å²) in [6, 6.07) is 7.56. The standard InChI is InChI=1S/C18H22Br2N2O2S4/c19-17-3-1-15(27-17)13(23)5-7-21-9-11-25-26-12-10-22-8-6-14(24)16-2-4-18(20)28-16/h1-4,21-22H,5-12H2. The Morgan fingerprint density at radius 2 is 1.18 bits per heavy atom. The fourth-order valence-corrected chi connectivity index (χ4v) is 6.78. The predicted molar refractivity (Wildman–Crippen MR) is 133 cm³/mol. The van der Waals surface area contributed by atoms with Crippen molar-refractivity contribution in [3.05, 3.63) is 41.6 Å². The molecule has 10 heteroatoms. The zero-order valence-electron chi connectivity index (χ0n) is 15.2. The lowest BCUT2D eigenvalue weighted by Gasteiger charge is -2.05. The molecule has 0 saturated heterocycles. The van der Waals surface area contributed by atoms with Crippen LogP contribution in [0.2, 0.25) is 0 Å². The first-order valence-electron chi connectivity index (χ1n) is 8.79. The maximum Gasteiger partial charge on any atom is 0.174 e. The van der Waals surface area contributed by atoms with Crippen molar-refractivity contribution < 1.29 is 9.59 Å². The first kappa shape index (κ1) is 24.6. The molecule has 0 unspecified atom stereocenters. The van der Waals surface area contributed by atoms with Crippen LogP contribution < -0.4 is 10.6 Å². The molecule has 28 heavy (non-hydrogen) atoms. The fraction of sp³-hybridized carbons (Fsp3) is 0.444. The number of thiophene rings is 2. The summed E-state index contributed by atoms with van der Waals surface area (Å²) in [5.74, 6) is 2.41. The second kappa shape index (κ2) is 14.3. The maximum atomic E-state index is 12.0. The third-order valence-electron chi connectivity index (χ3n) is 3.56. The molecule has 0 aromatic carbocycles.